The number of benzene rings is 1. The first-order chi connectivity index (χ1) is 9.19. The molecule has 1 aliphatic carbocycles. The van der Waals surface area contributed by atoms with Crippen LogP contribution in [0.2, 0.25) is 0 Å². The first-order valence-corrected chi connectivity index (χ1v) is 7.27. The van der Waals surface area contributed by atoms with Crippen LogP contribution in [-0.2, 0) is 6.42 Å². The molecule has 1 atom stereocenters. The van der Waals surface area contributed by atoms with E-state index in [0.717, 1.165) is 12.2 Å². The van der Waals surface area contributed by atoms with Crippen molar-refractivity contribution in [2.45, 2.75) is 51.5 Å². The van der Waals surface area contributed by atoms with Gasteiger partial charge in [-0.1, -0.05) is 44.4 Å². The van der Waals surface area contributed by atoms with E-state index in [1.807, 2.05) is 12.1 Å². The summed E-state index contributed by atoms with van der Waals surface area (Å²) >= 11 is 0. The third-order valence-corrected chi connectivity index (χ3v) is 4.65. The number of hydrazine groups is 1. The highest BCUT2D eigenvalue weighted by Gasteiger charge is 2.35. The highest BCUT2D eigenvalue weighted by Crippen LogP contribution is 2.40. The van der Waals surface area contributed by atoms with Crippen molar-refractivity contribution < 1.29 is 4.74 Å². The van der Waals surface area contributed by atoms with Gasteiger partial charge in [0.25, 0.3) is 0 Å². The quantitative estimate of drug-likeness (QED) is 0.633. The molecule has 1 unspecified atom stereocenters. The molecular weight excluding hydrogens is 236 g/mol. The fourth-order valence-electron chi connectivity index (χ4n) is 3.31. The van der Waals surface area contributed by atoms with Crippen LogP contribution in [0.4, 0.5) is 0 Å². The van der Waals surface area contributed by atoms with Gasteiger partial charge in [-0.05, 0) is 36.3 Å². The van der Waals surface area contributed by atoms with Crippen LogP contribution in [0.5, 0.6) is 5.75 Å². The number of hydrogen-bond donors (Lipinski definition) is 2. The minimum absolute atomic E-state index is 0.299. The summed E-state index contributed by atoms with van der Waals surface area (Å²) in [6, 6.07) is 8.54. The van der Waals surface area contributed by atoms with E-state index >= 15 is 0 Å². The molecule has 0 radical (unpaired) electrons. The summed E-state index contributed by atoms with van der Waals surface area (Å²) in [6.45, 7) is 2.37. The first kappa shape index (κ1) is 14.4. The second-order valence-electron chi connectivity index (χ2n) is 5.95. The van der Waals surface area contributed by atoms with Gasteiger partial charge in [-0.15, -0.1) is 0 Å². The predicted octanol–water partition coefficient (Wildman–Crippen LogP) is 3.04. The maximum atomic E-state index is 5.84. The lowest BCUT2D eigenvalue weighted by Crippen LogP contribution is -2.49. The molecule has 1 fully saturated rings. The monoisotopic (exact) mass is 262 g/mol. The van der Waals surface area contributed by atoms with Crippen molar-refractivity contribution in [3.8, 4) is 5.75 Å². The molecule has 0 bridgehead atoms. The maximum absolute atomic E-state index is 5.84. The summed E-state index contributed by atoms with van der Waals surface area (Å²) in [5, 5.41) is 0. The van der Waals surface area contributed by atoms with Crippen molar-refractivity contribution in [1.29, 1.82) is 0 Å². The van der Waals surface area contributed by atoms with Crippen molar-refractivity contribution in [2.75, 3.05) is 7.11 Å². The summed E-state index contributed by atoms with van der Waals surface area (Å²) < 4.78 is 5.44. The van der Waals surface area contributed by atoms with E-state index in [1.165, 1.54) is 37.7 Å². The Labute approximate surface area is 116 Å². The van der Waals surface area contributed by atoms with Crippen LogP contribution in [0.15, 0.2) is 24.3 Å². The van der Waals surface area contributed by atoms with E-state index in [0.29, 0.717) is 11.5 Å². The summed E-state index contributed by atoms with van der Waals surface area (Å²) in [6.07, 6.45) is 7.45. The van der Waals surface area contributed by atoms with Crippen LogP contribution >= 0.6 is 0 Å². The Hall–Kier alpha value is -1.06. The van der Waals surface area contributed by atoms with Gasteiger partial charge in [0.1, 0.15) is 5.75 Å². The molecule has 106 valence electrons. The van der Waals surface area contributed by atoms with Crippen molar-refractivity contribution in [2.24, 2.45) is 11.3 Å². The lowest BCUT2D eigenvalue weighted by molar-refractivity contribution is 0.143. The third kappa shape index (κ3) is 3.28. The molecule has 1 aromatic rings. The molecule has 3 nitrogen and oxygen atoms in total. The first-order valence-electron chi connectivity index (χ1n) is 7.27. The molecule has 3 heteroatoms. The molecule has 0 saturated heterocycles. The summed E-state index contributed by atoms with van der Waals surface area (Å²) in [7, 11) is 1.73. The molecule has 3 N–H and O–H groups in total. The van der Waals surface area contributed by atoms with Gasteiger partial charge in [-0.3, -0.25) is 11.3 Å². The van der Waals surface area contributed by atoms with Gasteiger partial charge in [-0.25, -0.2) is 0 Å². The highest BCUT2D eigenvalue weighted by atomic mass is 16.5. The standard InChI is InChI=1S/C16H26N2O/c1-16(10-6-3-7-11-16)15(18-17)12-13-8-4-5-9-14(13)19-2/h4-5,8-9,15,18H,3,6-7,10-12,17H2,1-2H3. The van der Waals surface area contributed by atoms with E-state index in [4.69, 9.17) is 10.6 Å². The zero-order valence-electron chi connectivity index (χ0n) is 12.1. The molecule has 2 rings (SSSR count). The SMILES string of the molecule is COc1ccccc1CC(NN)C1(C)CCCCC1. The van der Waals surface area contributed by atoms with Crippen LogP contribution in [0.3, 0.4) is 0 Å². The average molecular weight is 262 g/mol. The van der Waals surface area contributed by atoms with E-state index in [-0.39, 0.29) is 0 Å². The second kappa shape index (κ2) is 6.40. The van der Waals surface area contributed by atoms with Gasteiger partial charge in [0, 0.05) is 6.04 Å². The largest absolute Gasteiger partial charge is 0.496 e. The molecule has 1 aliphatic rings. The molecule has 19 heavy (non-hydrogen) atoms. The fraction of sp³-hybridized carbons (Fsp3) is 0.625. The number of hydrogen-bond acceptors (Lipinski definition) is 3. The van der Waals surface area contributed by atoms with Crippen molar-refractivity contribution >= 4 is 0 Å². The summed E-state index contributed by atoms with van der Waals surface area (Å²) in [5.74, 6) is 6.80. The fourth-order valence-corrected chi connectivity index (χ4v) is 3.31. The van der Waals surface area contributed by atoms with Gasteiger partial charge in [-0.2, -0.15) is 0 Å². The molecular formula is C16H26N2O. The third-order valence-electron chi connectivity index (χ3n) is 4.65. The number of para-hydroxylation sites is 1. The predicted molar refractivity (Wildman–Crippen MR) is 79.0 cm³/mol. The van der Waals surface area contributed by atoms with Crippen LogP contribution in [0.1, 0.15) is 44.6 Å². The molecule has 0 spiro atoms. The maximum Gasteiger partial charge on any atom is 0.122 e. The Kier molecular flexibility index (Phi) is 4.83. The Bertz CT molecular complexity index is 399. The summed E-state index contributed by atoms with van der Waals surface area (Å²) in [4.78, 5) is 0. The van der Waals surface area contributed by atoms with Gasteiger partial charge in [0.15, 0.2) is 0 Å². The molecule has 0 heterocycles. The van der Waals surface area contributed by atoms with Crippen LogP contribution in [-0.4, -0.2) is 13.2 Å². The number of rotatable bonds is 5. The van der Waals surface area contributed by atoms with Crippen molar-refractivity contribution in [3.63, 3.8) is 0 Å². The number of methoxy groups -OCH3 is 1. The van der Waals surface area contributed by atoms with Gasteiger partial charge in [0.2, 0.25) is 0 Å². The van der Waals surface area contributed by atoms with Crippen LogP contribution in [0.25, 0.3) is 0 Å². The van der Waals surface area contributed by atoms with Crippen LogP contribution < -0.4 is 16.0 Å². The van der Waals surface area contributed by atoms with Crippen LogP contribution in [0, 0.1) is 5.41 Å². The topological polar surface area (TPSA) is 47.3 Å². The van der Waals surface area contributed by atoms with Gasteiger partial charge >= 0.3 is 0 Å². The van der Waals surface area contributed by atoms with E-state index in [2.05, 4.69) is 24.5 Å². The normalized spacial score (nSPS) is 19.9. The van der Waals surface area contributed by atoms with E-state index < -0.39 is 0 Å². The average Bonchev–Trinajstić information content (AvgIpc) is 2.45. The molecule has 0 aromatic heterocycles. The van der Waals surface area contributed by atoms with Crippen molar-refractivity contribution in [3.05, 3.63) is 29.8 Å². The van der Waals surface area contributed by atoms with Gasteiger partial charge < -0.3 is 4.74 Å². The molecule has 1 saturated carbocycles. The van der Waals surface area contributed by atoms with Crippen molar-refractivity contribution in [1.82, 2.24) is 5.43 Å². The summed E-state index contributed by atoms with van der Waals surface area (Å²) in [5.41, 5.74) is 4.59. The zero-order chi connectivity index (χ0) is 13.7. The smallest absolute Gasteiger partial charge is 0.122 e. The molecule has 1 aromatic carbocycles. The lowest BCUT2D eigenvalue weighted by Gasteiger charge is -2.40. The second-order valence-corrected chi connectivity index (χ2v) is 5.95. The lowest BCUT2D eigenvalue weighted by atomic mass is 9.69. The zero-order valence-corrected chi connectivity index (χ0v) is 12.1. The van der Waals surface area contributed by atoms with E-state index in [1.54, 1.807) is 7.11 Å². The van der Waals surface area contributed by atoms with Gasteiger partial charge in [0.05, 0.1) is 7.11 Å². The number of ether oxygens (including phenoxy) is 1. The highest BCUT2D eigenvalue weighted by molar-refractivity contribution is 5.34. The molecule has 0 amide bonds. The Balaban J connectivity index is 2.14. The Morgan fingerprint density at radius 1 is 1.26 bits per heavy atom. The minimum atomic E-state index is 0.299. The number of nitrogens with one attached hydrogen (secondary N) is 1. The number of nitrogens with two attached hydrogens (primary N) is 1. The Morgan fingerprint density at radius 2 is 1.95 bits per heavy atom. The molecule has 0 aliphatic heterocycles. The van der Waals surface area contributed by atoms with E-state index in [9.17, 15) is 0 Å². The Morgan fingerprint density at radius 3 is 2.58 bits per heavy atom. The minimum Gasteiger partial charge on any atom is -0.496 e.